The van der Waals surface area contributed by atoms with E-state index >= 15 is 0 Å². The van der Waals surface area contributed by atoms with Crippen molar-refractivity contribution in [2.24, 2.45) is 5.73 Å². The van der Waals surface area contributed by atoms with Crippen molar-refractivity contribution >= 4 is 12.1 Å². The third kappa shape index (κ3) is 3.07. The van der Waals surface area contributed by atoms with Crippen molar-refractivity contribution in [3.05, 3.63) is 0 Å². The van der Waals surface area contributed by atoms with Crippen molar-refractivity contribution in [1.29, 1.82) is 0 Å². The largest absolute Gasteiger partial charge is 0.480 e. The number of carbonyl (C=O) groups is 2. The zero-order valence-corrected chi connectivity index (χ0v) is 8.30. The van der Waals surface area contributed by atoms with Crippen molar-refractivity contribution in [2.45, 2.75) is 18.9 Å². The topological polar surface area (TPSA) is 107 Å². The van der Waals surface area contributed by atoms with Crippen LogP contribution in [0.15, 0.2) is 0 Å². The molecule has 15 heavy (non-hydrogen) atoms. The van der Waals surface area contributed by atoms with Crippen LogP contribution in [0, 0.1) is 0 Å². The van der Waals surface area contributed by atoms with E-state index in [2.05, 4.69) is 0 Å². The number of rotatable bonds is 4. The lowest BCUT2D eigenvalue weighted by molar-refractivity contribution is -0.139. The standard InChI is InChI=1S/C8H15N3O4/c9-6(7(12)13)5-11(8(14)15)10-3-1-2-4-10/h6H,1-5,9H2,(H,12,13)(H,14,15). The fourth-order valence-electron chi connectivity index (χ4n) is 1.52. The van der Waals surface area contributed by atoms with E-state index in [9.17, 15) is 9.59 Å². The molecule has 7 heteroatoms. The van der Waals surface area contributed by atoms with E-state index in [0.29, 0.717) is 13.1 Å². The molecule has 4 N–H and O–H groups in total. The van der Waals surface area contributed by atoms with E-state index in [0.717, 1.165) is 17.9 Å². The van der Waals surface area contributed by atoms with Gasteiger partial charge in [0.05, 0.1) is 6.54 Å². The van der Waals surface area contributed by atoms with Gasteiger partial charge in [-0.05, 0) is 12.8 Å². The highest BCUT2D eigenvalue weighted by atomic mass is 16.4. The highest BCUT2D eigenvalue weighted by Crippen LogP contribution is 2.11. The Morgan fingerprint density at radius 3 is 2.27 bits per heavy atom. The van der Waals surface area contributed by atoms with Crippen LogP contribution in [0.2, 0.25) is 0 Å². The molecule has 1 atom stereocenters. The van der Waals surface area contributed by atoms with Gasteiger partial charge in [-0.1, -0.05) is 0 Å². The molecule has 0 aromatic heterocycles. The van der Waals surface area contributed by atoms with Crippen molar-refractivity contribution < 1.29 is 19.8 Å². The minimum absolute atomic E-state index is 0.204. The van der Waals surface area contributed by atoms with E-state index < -0.39 is 18.1 Å². The zero-order valence-electron chi connectivity index (χ0n) is 8.30. The first-order chi connectivity index (χ1) is 7.02. The fraction of sp³-hybridized carbons (Fsp3) is 0.750. The highest BCUT2D eigenvalue weighted by molar-refractivity contribution is 5.74. The maximum Gasteiger partial charge on any atom is 0.422 e. The molecule has 1 heterocycles. The molecule has 86 valence electrons. The van der Waals surface area contributed by atoms with Crippen LogP contribution in [0.1, 0.15) is 12.8 Å². The predicted octanol–water partition coefficient (Wildman–Crippen LogP) is -0.611. The Labute approximate surface area is 87.0 Å². The SMILES string of the molecule is NC(CN(C(=O)O)N1CCCC1)C(=O)O. The lowest BCUT2D eigenvalue weighted by Gasteiger charge is -2.29. The molecular formula is C8H15N3O4. The first kappa shape index (κ1) is 11.7. The van der Waals surface area contributed by atoms with Crippen LogP contribution < -0.4 is 5.73 Å². The number of hydrogen-bond acceptors (Lipinski definition) is 4. The molecule has 1 aliphatic rings. The maximum absolute atomic E-state index is 10.9. The number of nitrogens with zero attached hydrogens (tertiary/aromatic N) is 2. The molecule has 0 radical (unpaired) electrons. The molecule has 0 bridgehead atoms. The number of hydrogen-bond donors (Lipinski definition) is 3. The monoisotopic (exact) mass is 217 g/mol. The van der Waals surface area contributed by atoms with Crippen molar-refractivity contribution in [1.82, 2.24) is 10.0 Å². The molecule has 1 amide bonds. The summed E-state index contributed by atoms with van der Waals surface area (Å²) in [5, 5.41) is 20.1. The molecule has 1 aliphatic heterocycles. The lowest BCUT2D eigenvalue weighted by Crippen LogP contribution is -2.51. The predicted molar refractivity (Wildman–Crippen MR) is 51.1 cm³/mol. The molecular weight excluding hydrogens is 202 g/mol. The molecule has 0 spiro atoms. The van der Waals surface area contributed by atoms with Gasteiger partial charge < -0.3 is 15.9 Å². The summed E-state index contributed by atoms with van der Waals surface area (Å²) >= 11 is 0. The van der Waals surface area contributed by atoms with Crippen LogP contribution in [0.3, 0.4) is 0 Å². The fourth-order valence-corrected chi connectivity index (χ4v) is 1.52. The van der Waals surface area contributed by atoms with Gasteiger partial charge in [-0.25, -0.2) is 14.8 Å². The average Bonchev–Trinajstić information content (AvgIpc) is 2.65. The van der Waals surface area contributed by atoms with Gasteiger partial charge in [0.1, 0.15) is 6.04 Å². The smallest absolute Gasteiger partial charge is 0.422 e. The second kappa shape index (κ2) is 4.94. The summed E-state index contributed by atoms with van der Waals surface area (Å²) < 4.78 is 0. The Bertz CT molecular complexity index is 252. The van der Waals surface area contributed by atoms with Crippen LogP contribution in [-0.2, 0) is 4.79 Å². The van der Waals surface area contributed by atoms with Gasteiger partial charge in [0.15, 0.2) is 0 Å². The molecule has 1 rings (SSSR count). The second-order valence-electron chi connectivity index (χ2n) is 3.47. The molecule has 1 unspecified atom stereocenters. The number of carboxylic acid groups (broad SMARTS) is 2. The summed E-state index contributed by atoms with van der Waals surface area (Å²) in [7, 11) is 0. The Morgan fingerprint density at radius 1 is 1.33 bits per heavy atom. The first-order valence-electron chi connectivity index (χ1n) is 4.76. The molecule has 1 saturated heterocycles. The summed E-state index contributed by atoms with van der Waals surface area (Å²) in [4.78, 5) is 21.4. The second-order valence-corrected chi connectivity index (χ2v) is 3.47. The van der Waals surface area contributed by atoms with Gasteiger partial charge >= 0.3 is 12.1 Å². The van der Waals surface area contributed by atoms with Crippen LogP contribution in [-0.4, -0.2) is 58.0 Å². The molecule has 1 fully saturated rings. The highest BCUT2D eigenvalue weighted by Gasteiger charge is 2.27. The first-order valence-corrected chi connectivity index (χ1v) is 4.76. The zero-order chi connectivity index (χ0) is 11.4. The molecule has 0 aliphatic carbocycles. The van der Waals surface area contributed by atoms with Crippen molar-refractivity contribution in [3.8, 4) is 0 Å². The van der Waals surface area contributed by atoms with Crippen LogP contribution in [0.5, 0.6) is 0 Å². The normalized spacial score (nSPS) is 18.7. The molecule has 0 aromatic rings. The summed E-state index contributed by atoms with van der Waals surface area (Å²) in [5.41, 5.74) is 5.29. The number of hydrazine groups is 1. The van der Waals surface area contributed by atoms with E-state index in [1.807, 2.05) is 0 Å². The Balaban J connectivity index is 2.57. The Kier molecular flexibility index (Phi) is 3.87. The van der Waals surface area contributed by atoms with E-state index in [4.69, 9.17) is 15.9 Å². The van der Waals surface area contributed by atoms with Gasteiger partial charge in [0.25, 0.3) is 0 Å². The number of aliphatic carboxylic acids is 1. The van der Waals surface area contributed by atoms with Crippen LogP contribution in [0.4, 0.5) is 4.79 Å². The number of nitrogens with two attached hydrogens (primary N) is 1. The van der Waals surface area contributed by atoms with E-state index in [1.54, 1.807) is 5.01 Å². The Morgan fingerprint density at radius 2 is 1.87 bits per heavy atom. The van der Waals surface area contributed by atoms with Gasteiger partial charge in [-0.3, -0.25) is 4.79 Å². The van der Waals surface area contributed by atoms with Crippen LogP contribution in [0.25, 0.3) is 0 Å². The maximum atomic E-state index is 10.9. The summed E-state index contributed by atoms with van der Waals surface area (Å²) in [6.45, 7) is 1.07. The average molecular weight is 217 g/mol. The third-order valence-corrected chi connectivity index (χ3v) is 2.33. The molecule has 0 aromatic carbocycles. The van der Waals surface area contributed by atoms with E-state index in [1.165, 1.54) is 0 Å². The van der Waals surface area contributed by atoms with E-state index in [-0.39, 0.29) is 6.54 Å². The minimum Gasteiger partial charge on any atom is -0.480 e. The van der Waals surface area contributed by atoms with Gasteiger partial charge in [-0.2, -0.15) is 0 Å². The number of carboxylic acids is 1. The van der Waals surface area contributed by atoms with Crippen molar-refractivity contribution in [3.63, 3.8) is 0 Å². The third-order valence-electron chi connectivity index (χ3n) is 2.33. The lowest BCUT2D eigenvalue weighted by atomic mass is 10.3. The minimum atomic E-state index is -1.19. The van der Waals surface area contributed by atoms with Gasteiger partial charge in [-0.15, -0.1) is 0 Å². The van der Waals surface area contributed by atoms with Gasteiger partial charge in [0.2, 0.25) is 0 Å². The molecule has 7 nitrogen and oxygen atoms in total. The Hall–Kier alpha value is -1.34. The summed E-state index contributed by atoms with van der Waals surface area (Å²) in [6.07, 6.45) is 0.687. The van der Waals surface area contributed by atoms with Gasteiger partial charge in [0, 0.05) is 13.1 Å². The van der Waals surface area contributed by atoms with Crippen LogP contribution >= 0.6 is 0 Å². The number of amides is 1. The van der Waals surface area contributed by atoms with Crippen molar-refractivity contribution in [2.75, 3.05) is 19.6 Å². The molecule has 0 saturated carbocycles. The quantitative estimate of drug-likeness (QED) is 0.579. The summed E-state index contributed by atoms with van der Waals surface area (Å²) in [5.74, 6) is -1.19. The summed E-state index contributed by atoms with van der Waals surface area (Å²) in [6, 6.07) is -1.18.